The molecule has 130 valence electrons. The molecule has 3 aromatic rings. The van der Waals surface area contributed by atoms with Crippen molar-refractivity contribution in [2.24, 2.45) is 0 Å². The number of aromatic nitrogens is 4. The van der Waals surface area contributed by atoms with Gasteiger partial charge in [-0.2, -0.15) is 0 Å². The number of nitrogens with one attached hydrogen (secondary N) is 1. The smallest absolute Gasteiger partial charge is 0.322 e. The van der Waals surface area contributed by atoms with E-state index < -0.39 is 0 Å². The van der Waals surface area contributed by atoms with Crippen molar-refractivity contribution in [1.29, 1.82) is 0 Å². The Bertz CT molecular complexity index is 928. The van der Waals surface area contributed by atoms with E-state index in [-0.39, 0.29) is 18.0 Å². The van der Waals surface area contributed by atoms with Crippen LogP contribution in [0.2, 0.25) is 0 Å². The summed E-state index contributed by atoms with van der Waals surface area (Å²) in [5.74, 6) is 1.72. The fraction of sp³-hybridized carbons (Fsp3) is 0.412. The molecule has 0 bridgehead atoms. The van der Waals surface area contributed by atoms with Gasteiger partial charge in [-0.15, -0.1) is 10.2 Å². The first-order valence-corrected chi connectivity index (χ1v) is 8.38. The Balaban J connectivity index is 1.54. The van der Waals surface area contributed by atoms with E-state index in [1.807, 2.05) is 43.5 Å². The largest absolute Gasteiger partial charge is 0.440 e. The van der Waals surface area contributed by atoms with Crippen LogP contribution in [0.15, 0.2) is 28.9 Å². The van der Waals surface area contributed by atoms with Crippen LogP contribution in [-0.4, -0.2) is 37.2 Å². The predicted octanol–water partition coefficient (Wildman–Crippen LogP) is 3.15. The highest BCUT2D eigenvalue weighted by Gasteiger charge is 2.29. The van der Waals surface area contributed by atoms with Crippen LogP contribution in [0.25, 0.3) is 11.1 Å². The van der Waals surface area contributed by atoms with Crippen molar-refractivity contribution in [2.45, 2.75) is 39.3 Å². The molecule has 8 heteroatoms. The van der Waals surface area contributed by atoms with Crippen molar-refractivity contribution in [3.63, 3.8) is 0 Å². The molecular weight excluding hydrogens is 320 g/mol. The van der Waals surface area contributed by atoms with Crippen LogP contribution in [0.4, 0.5) is 10.5 Å². The molecule has 0 radical (unpaired) electrons. The maximum absolute atomic E-state index is 12.7. The second kappa shape index (κ2) is 5.87. The Hall–Kier alpha value is -2.90. The summed E-state index contributed by atoms with van der Waals surface area (Å²) in [6.45, 7) is 7.32. The summed E-state index contributed by atoms with van der Waals surface area (Å²) in [6, 6.07) is 5.21. The zero-order chi connectivity index (χ0) is 17.6. The summed E-state index contributed by atoms with van der Waals surface area (Å²) in [5, 5.41) is 11.0. The zero-order valence-corrected chi connectivity index (χ0v) is 14.4. The molecule has 1 atom stereocenters. The lowest BCUT2D eigenvalue weighted by Crippen LogP contribution is -2.43. The number of oxazole rings is 1. The van der Waals surface area contributed by atoms with E-state index in [4.69, 9.17) is 4.42 Å². The molecule has 1 aromatic carbocycles. The molecule has 25 heavy (non-hydrogen) atoms. The summed E-state index contributed by atoms with van der Waals surface area (Å²) in [5.41, 5.74) is 2.16. The molecule has 1 N–H and O–H groups in total. The highest BCUT2D eigenvalue weighted by Crippen LogP contribution is 2.26. The third-order valence-electron chi connectivity index (χ3n) is 4.48. The van der Waals surface area contributed by atoms with Gasteiger partial charge in [0.2, 0.25) is 0 Å². The second-order valence-corrected chi connectivity index (χ2v) is 6.57. The van der Waals surface area contributed by atoms with Crippen molar-refractivity contribution in [2.75, 3.05) is 11.9 Å². The molecule has 2 amide bonds. The molecule has 3 heterocycles. The second-order valence-electron chi connectivity index (χ2n) is 6.57. The van der Waals surface area contributed by atoms with Crippen LogP contribution in [0.1, 0.15) is 44.4 Å². The minimum Gasteiger partial charge on any atom is -0.440 e. The van der Waals surface area contributed by atoms with Crippen LogP contribution < -0.4 is 5.32 Å². The summed E-state index contributed by atoms with van der Waals surface area (Å²) in [7, 11) is 0. The molecule has 0 spiro atoms. The molecule has 8 nitrogen and oxygen atoms in total. The maximum atomic E-state index is 12.7. The zero-order valence-electron chi connectivity index (χ0n) is 14.4. The van der Waals surface area contributed by atoms with Crippen molar-refractivity contribution in [3.05, 3.63) is 36.2 Å². The lowest BCUT2D eigenvalue weighted by molar-refractivity contribution is 0.172. The van der Waals surface area contributed by atoms with E-state index in [0.29, 0.717) is 24.7 Å². The molecule has 0 fully saturated rings. The number of hydrogen-bond acceptors (Lipinski definition) is 5. The third-order valence-corrected chi connectivity index (χ3v) is 4.48. The maximum Gasteiger partial charge on any atom is 0.322 e. The molecule has 1 unspecified atom stereocenters. The summed E-state index contributed by atoms with van der Waals surface area (Å²) in [6.07, 6.45) is 1.70. The Labute approximate surface area is 144 Å². The highest BCUT2D eigenvalue weighted by atomic mass is 16.3. The molecule has 4 rings (SSSR count). The number of carbonyl (C=O) groups excluding carboxylic acids is 1. The van der Waals surface area contributed by atoms with Crippen molar-refractivity contribution >= 4 is 22.8 Å². The summed E-state index contributed by atoms with van der Waals surface area (Å²) in [4.78, 5) is 18.9. The van der Waals surface area contributed by atoms with Crippen molar-refractivity contribution < 1.29 is 9.21 Å². The number of anilines is 1. The van der Waals surface area contributed by atoms with Gasteiger partial charge in [-0.05, 0) is 25.1 Å². The van der Waals surface area contributed by atoms with E-state index in [0.717, 1.165) is 16.9 Å². The van der Waals surface area contributed by atoms with Gasteiger partial charge in [0.25, 0.3) is 0 Å². The minimum atomic E-state index is -0.159. The number of carbonyl (C=O) groups is 1. The van der Waals surface area contributed by atoms with E-state index in [2.05, 4.69) is 20.5 Å². The fourth-order valence-electron chi connectivity index (χ4n) is 3.05. The fourth-order valence-corrected chi connectivity index (χ4v) is 3.05. The van der Waals surface area contributed by atoms with Crippen LogP contribution in [-0.2, 0) is 6.54 Å². The minimum absolute atomic E-state index is 0.125. The van der Waals surface area contributed by atoms with Gasteiger partial charge in [0.15, 0.2) is 17.3 Å². The number of hydrogen-bond donors (Lipinski definition) is 1. The molecular formula is C17H20N6O2. The van der Waals surface area contributed by atoms with Gasteiger partial charge in [0, 0.05) is 24.7 Å². The van der Waals surface area contributed by atoms with Crippen molar-refractivity contribution in [1.82, 2.24) is 24.6 Å². The van der Waals surface area contributed by atoms with E-state index in [9.17, 15) is 4.79 Å². The topological polar surface area (TPSA) is 89.1 Å². The molecule has 1 aliphatic heterocycles. The molecule has 2 aromatic heterocycles. The van der Waals surface area contributed by atoms with Gasteiger partial charge < -0.3 is 19.2 Å². The molecule has 0 aliphatic carbocycles. The number of nitrogens with zero attached hydrogens (tertiary/aromatic N) is 5. The van der Waals surface area contributed by atoms with Gasteiger partial charge in [-0.3, -0.25) is 0 Å². The number of benzene rings is 1. The van der Waals surface area contributed by atoms with Crippen LogP contribution in [0.3, 0.4) is 0 Å². The monoisotopic (exact) mass is 340 g/mol. The Morgan fingerprint density at radius 1 is 1.36 bits per heavy atom. The van der Waals surface area contributed by atoms with Gasteiger partial charge in [0.05, 0.1) is 6.04 Å². The quantitative estimate of drug-likeness (QED) is 0.774. The summed E-state index contributed by atoms with van der Waals surface area (Å²) < 4.78 is 7.68. The highest BCUT2D eigenvalue weighted by molar-refractivity contribution is 5.92. The molecule has 0 saturated carbocycles. The lowest BCUT2D eigenvalue weighted by Gasteiger charge is -2.33. The van der Waals surface area contributed by atoms with Crippen LogP contribution >= 0.6 is 0 Å². The first kappa shape index (κ1) is 15.6. The van der Waals surface area contributed by atoms with Crippen LogP contribution in [0, 0.1) is 0 Å². The average Bonchev–Trinajstić information content (AvgIpc) is 3.21. The van der Waals surface area contributed by atoms with Gasteiger partial charge in [-0.1, -0.05) is 13.8 Å². The average molecular weight is 340 g/mol. The number of rotatable bonds is 2. The van der Waals surface area contributed by atoms with Gasteiger partial charge >= 0.3 is 6.03 Å². The van der Waals surface area contributed by atoms with Crippen molar-refractivity contribution in [3.8, 4) is 0 Å². The Kier molecular flexibility index (Phi) is 3.67. The molecule has 1 aliphatic rings. The first-order chi connectivity index (χ1) is 12.0. The lowest BCUT2D eigenvalue weighted by atomic mass is 10.2. The van der Waals surface area contributed by atoms with Crippen LogP contribution in [0.5, 0.6) is 0 Å². The van der Waals surface area contributed by atoms with E-state index >= 15 is 0 Å². The normalized spacial score (nSPS) is 17.1. The number of fused-ring (bicyclic) bond motifs is 2. The van der Waals surface area contributed by atoms with Gasteiger partial charge in [-0.25, -0.2) is 9.78 Å². The Morgan fingerprint density at radius 2 is 2.20 bits per heavy atom. The SMILES string of the molecule is CC(C)c1nc2cc(NC(=O)N3CCn4cnnc4C3C)ccc2o1. The first-order valence-electron chi connectivity index (χ1n) is 8.38. The third kappa shape index (κ3) is 2.73. The summed E-state index contributed by atoms with van der Waals surface area (Å²) >= 11 is 0. The van der Waals surface area contributed by atoms with Gasteiger partial charge in [0.1, 0.15) is 11.8 Å². The predicted molar refractivity (Wildman–Crippen MR) is 92.3 cm³/mol. The Morgan fingerprint density at radius 3 is 3.00 bits per heavy atom. The number of amides is 2. The number of urea groups is 1. The van der Waals surface area contributed by atoms with E-state index in [1.165, 1.54) is 0 Å². The van der Waals surface area contributed by atoms with E-state index in [1.54, 1.807) is 11.2 Å². The molecule has 0 saturated heterocycles. The standard InChI is InChI=1S/C17H20N6O2/c1-10(2)16-20-13-8-12(4-5-14(13)25-16)19-17(24)23-7-6-22-9-18-21-15(22)11(23)3/h4-5,8-11H,6-7H2,1-3H3,(H,19,24).